The van der Waals surface area contributed by atoms with E-state index in [9.17, 15) is 8.78 Å². The summed E-state index contributed by atoms with van der Waals surface area (Å²) < 4.78 is 38.1. The Morgan fingerprint density at radius 1 is 1.17 bits per heavy atom. The Bertz CT molecular complexity index is 1470. The van der Waals surface area contributed by atoms with Gasteiger partial charge in [0.1, 0.15) is 29.2 Å². The van der Waals surface area contributed by atoms with Crippen molar-refractivity contribution in [3.63, 3.8) is 0 Å². The molecule has 0 unspecified atom stereocenters. The zero-order valence-corrected chi connectivity index (χ0v) is 19.4. The number of aryl methyl sites for hydroxylation is 2. The Labute approximate surface area is 199 Å². The smallest absolute Gasteiger partial charge is 0.238 e. The minimum atomic E-state index is -0.997. The van der Waals surface area contributed by atoms with Gasteiger partial charge in [-0.3, -0.25) is 9.83 Å². The molecule has 9 nitrogen and oxygen atoms in total. The molecule has 0 saturated heterocycles. The third-order valence-electron chi connectivity index (χ3n) is 6.45. The second-order valence-corrected chi connectivity index (χ2v) is 8.91. The van der Waals surface area contributed by atoms with E-state index in [4.69, 9.17) is 14.6 Å². The van der Waals surface area contributed by atoms with Crippen LogP contribution < -0.4 is 10.2 Å². The molecule has 5 heterocycles. The van der Waals surface area contributed by atoms with Crippen LogP contribution in [0, 0.1) is 24.5 Å². The lowest BCUT2D eigenvalue weighted by Gasteiger charge is -2.30. The highest BCUT2D eigenvalue weighted by Crippen LogP contribution is 2.44. The molecule has 1 aliphatic carbocycles. The second-order valence-electron chi connectivity index (χ2n) is 8.91. The number of nitrogens with one attached hydrogen (secondary N) is 1. The highest BCUT2D eigenvalue weighted by molar-refractivity contribution is 5.97. The second kappa shape index (κ2) is 8.12. The average molecular weight is 479 g/mol. The largest absolute Gasteiger partial charge is 0.479 e. The van der Waals surface area contributed by atoms with Gasteiger partial charge < -0.3 is 13.9 Å². The topological polar surface area (TPSA) is 91.4 Å². The van der Waals surface area contributed by atoms with E-state index in [1.807, 2.05) is 23.8 Å². The van der Waals surface area contributed by atoms with Gasteiger partial charge in [-0.25, -0.2) is 29.2 Å². The number of imidazole rings is 1. The predicted octanol–water partition coefficient (Wildman–Crippen LogP) is 3.55. The van der Waals surface area contributed by atoms with Crippen molar-refractivity contribution < 1.29 is 18.4 Å². The number of ether oxygens (including phenoxy) is 1. The molecule has 35 heavy (non-hydrogen) atoms. The van der Waals surface area contributed by atoms with Crippen LogP contribution in [0.15, 0.2) is 42.0 Å². The SMILES string of the molecule is COc1nc(C2=N[C@H](c3cn(C)c4ncc(F)c(F)c34)[C@H](C3CC3)ON2)ccc1-n1cnc(C)c1. The maximum atomic E-state index is 14.9. The zero-order chi connectivity index (χ0) is 24.3. The Kier molecular flexibility index (Phi) is 5.03. The van der Waals surface area contributed by atoms with Crippen LogP contribution in [0.5, 0.6) is 5.88 Å². The first-order valence-electron chi connectivity index (χ1n) is 11.3. The first-order valence-corrected chi connectivity index (χ1v) is 11.3. The summed E-state index contributed by atoms with van der Waals surface area (Å²) >= 11 is 0. The maximum absolute atomic E-state index is 14.9. The van der Waals surface area contributed by atoms with E-state index in [2.05, 4.69) is 20.4 Å². The van der Waals surface area contributed by atoms with Crippen LogP contribution in [0.3, 0.4) is 0 Å². The van der Waals surface area contributed by atoms with Gasteiger partial charge in [0.15, 0.2) is 17.5 Å². The summed E-state index contributed by atoms with van der Waals surface area (Å²) in [5, 5.41) is 0.119. The van der Waals surface area contributed by atoms with E-state index in [-0.39, 0.29) is 17.4 Å². The normalized spacial score (nSPS) is 20.1. The highest BCUT2D eigenvalue weighted by atomic mass is 19.2. The zero-order valence-electron chi connectivity index (χ0n) is 19.4. The van der Waals surface area contributed by atoms with Gasteiger partial charge in [0.05, 0.1) is 30.7 Å². The molecule has 0 spiro atoms. The quantitative estimate of drug-likeness (QED) is 0.471. The fraction of sp³-hybridized carbons (Fsp3) is 0.333. The fourth-order valence-corrected chi connectivity index (χ4v) is 4.57. The molecule has 4 aromatic heterocycles. The molecule has 1 N–H and O–H groups in total. The number of fused-ring (bicyclic) bond motifs is 1. The molecule has 4 aromatic rings. The van der Waals surface area contributed by atoms with Gasteiger partial charge in [-0.15, -0.1) is 0 Å². The van der Waals surface area contributed by atoms with Crippen LogP contribution >= 0.6 is 0 Å². The molecule has 180 valence electrons. The molecule has 2 aliphatic rings. The number of hydroxylamine groups is 1. The van der Waals surface area contributed by atoms with Gasteiger partial charge >= 0.3 is 0 Å². The molecule has 11 heteroatoms. The number of hydrogen-bond donors (Lipinski definition) is 1. The standard InChI is InChI=1S/C24H23F2N7O2/c1-12-9-33(11-28-12)17-7-6-16(29-24(17)34-3)22-30-20(21(35-31-22)13-4-5-13)14-10-32(2)23-18(14)19(26)15(25)8-27-23/h6-11,13,20-21H,4-5H2,1-3H3,(H,30,31)/t20-,21+/m1/s1. The lowest BCUT2D eigenvalue weighted by Crippen LogP contribution is -2.40. The number of aliphatic imine (C=N–C) groups is 1. The molecular weight excluding hydrogens is 456 g/mol. The Balaban J connectivity index is 1.45. The van der Waals surface area contributed by atoms with Crippen LogP contribution in [0.4, 0.5) is 8.78 Å². The van der Waals surface area contributed by atoms with Crippen molar-refractivity contribution in [2.45, 2.75) is 31.9 Å². The number of hydrogen-bond acceptors (Lipinski definition) is 7. The van der Waals surface area contributed by atoms with Crippen LogP contribution in [0.1, 0.15) is 35.8 Å². The summed E-state index contributed by atoms with van der Waals surface area (Å²) in [7, 11) is 3.29. The fourth-order valence-electron chi connectivity index (χ4n) is 4.57. The van der Waals surface area contributed by atoms with Crippen molar-refractivity contribution >= 4 is 16.9 Å². The summed E-state index contributed by atoms with van der Waals surface area (Å²) in [4.78, 5) is 23.9. The first kappa shape index (κ1) is 21.7. The lowest BCUT2D eigenvalue weighted by molar-refractivity contribution is -0.0290. The first-order chi connectivity index (χ1) is 16.9. The van der Waals surface area contributed by atoms with Gasteiger partial charge in [0, 0.05) is 25.0 Å². The molecule has 0 bridgehead atoms. The van der Waals surface area contributed by atoms with E-state index in [1.165, 1.54) is 0 Å². The molecule has 6 rings (SSSR count). The number of amidine groups is 1. The average Bonchev–Trinajstić information content (AvgIpc) is 3.54. The molecule has 1 fully saturated rings. The summed E-state index contributed by atoms with van der Waals surface area (Å²) in [6.45, 7) is 1.90. The number of halogens is 2. The highest BCUT2D eigenvalue weighted by Gasteiger charge is 2.43. The molecule has 1 aliphatic heterocycles. The molecule has 0 radical (unpaired) electrons. The van der Waals surface area contributed by atoms with Gasteiger partial charge in [0.2, 0.25) is 5.88 Å². The number of aromatic nitrogens is 5. The molecule has 0 amide bonds. The summed E-state index contributed by atoms with van der Waals surface area (Å²) in [6, 6.07) is 3.08. The minimum Gasteiger partial charge on any atom is -0.479 e. The third-order valence-corrected chi connectivity index (χ3v) is 6.45. The monoisotopic (exact) mass is 479 g/mol. The summed E-state index contributed by atoms with van der Waals surface area (Å²) in [5.74, 6) is -0.904. The number of rotatable bonds is 5. The Morgan fingerprint density at radius 2 is 2.00 bits per heavy atom. The van der Waals surface area contributed by atoms with E-state index < -0.39 is 17.7 Å². The van der Waals surface area contributed by atoms with Gasteiger partial charge in [-0.1, -0.05) is 0 Å². The molecule has 2 atom stereocenters. The minimum absolute atomic E-state index is 0.119. The van der Waals surface area contributed by atoms with Gasteiger partial charge in [-0.05, 0) is 37.8 Å². The number of nitrogens with zero attached hydrogens (tertiary/aromatic N) is 6. The number of methoxy groups -OCH3 is 1. The number of pyridine rings is 2. The van der Waals surface area contributed by atoms with Gasteiger partial charge in [0.25, 0.3) is 0 Å². The van der Waals surface area contributed by atoms with Crippen molar-refractivity contribution in [3.05, 3.63) is 65.6 Å². The van der Waals surface area contributed by atoms with E-state index in [0.717, 1.165) is 30.4 Å². The van der Waals surface area contributed by atoms with Gasteiger partial charge in [-0.2, -0.15) is 0 Å². The van der Waals surface area contributed by atoms with Crippen LogP contribution in [-0.4, -0.2) is 43.1 Å². The van der Waals surface area contributed by atoms with Crippen LogP contribution in [0.25, 0.3) is 16.7 Å². The van der Waals surface area contributed by atoms with E-state index in [1.54, 1.807) is 37.3 Å². The molecular formula is C24H23F2N7O2. The Hall–Kier alpha value is -3.86. The van der Waals surface area contributed by atoms with Crippen LogP contribution in [-0.2, 0) is 11.9 Å². The maximum Gasteiger partial charge on any atom is 0.238 e. The van der Waals surface area contributed by atoms with E-state index in [0.29, 0.717) is 28.6 Å². The van der Waals surface area contributed by atoms with Crippen molar-refractivity contribution in [1.82, 2.24) is 29.6 Å². The third kappa shape index (κ3) is 3.63. The summed E-state index contributed by atoms with van der Waals surface area (Å²) in [5.41, 5.74) is 5.88. The van der Waals surface area contributed by atoms with Crippen LogP contribution in [0.2, 0.25) is 0 Å². The lowest BCUT2D eigenvalue weighted by atomic mass is 9.98. The molecule has 1 saturated carbocycles. The van der Waals surface area contributed by atoms with Crippen molar-refractivity contribution in [3.8, 4) is 11.6 Å². The predicted molar refractivity (Wildman–Crippen MR) is 123 cm³/mol. The Morgan fingerprint density at radius 3 is 2.71 bits per heavy atom. The van der Waals surface area contributed by atoms with Crippen molar-refractivity contribution in [2.75, 3.05) is 7.11 Å². The van der Waals surface area contributed by atoms with Crippen molar-refractivity contribution in [2.24, 2.45) is 18.0 Å². The molecule has 0 aromatic carbocycles. The van der Waals surface area contributed by atoms with E-state index >= 15 is 0 Å². The summed E-state index contributed by atoms with van der Waals surface area (Å²) in [6.07, 6.45) is 7.84. The van der Waals surface area contributed by atoms with Crippen molar-refractivity contribution in [1.29, 1.82) is 0 Å².